The van der Waals surface area contributed by atoms with Crippen molar-refractivity contribution in [2.24, 2.45) is 5.16 Å². The van der Waals surface area contributed by atoms with Gasteiger partial charge in [0.1, 0.15) is 31.2 Å². The summed E-state index contributed by atoms with van der Waals surface area (Å²) in [6, 6.07) is -1.44. The van der Waals surface area contributed by atoms with Crippen LogP contribution >= 0.6 is 0 Å². The smallest absolute Gasteiger partial charge is 0.480 e. The third-order valence-electron chi connectivity index (χ3n) is 3.62. The molecule has 6 N–H and O–H groups in total. The number of aromatic amines is 1. The minimum absolute atomic E-state index is 0.183. The lowest BCUT2D eigenvalue weighted by atomic mass is 10.3. The number of carbonyl (C=O) groups excluding carboxylic acids is 2. The van der Waals surface area contributed by atoms with E-state index in [4.69, 9.17) is 20.1 Å². The quantitative estimate of drug-likeness (QED) is 0.187. The second kappa shape index (κ2) is 12.7. The number of aromatic nitrogens is 4. The summed E-state index contributed by atoms with van der Waals surface area (Å²) in [6.07, 6.45) is -0.930. The van der Waals surface area contributed by atoms with Gasteiger partial charge in [0.05, 0.1) is 31.0 Å². The maximum atomic E-state index is 12.1. The number of hydrogen-bond donors (Lipinski definition) is 6. The van der Waals surface area contributed by atoms with Crippen molar-refractivity contribution < 1.29 is 52.5 Å². The van der Waals surface area contributed by atoms with Gasteiger partial charge >= 0.3 is 18.1 Å². The number of nitrogens with one attached hydrogen (secondary N) is 3. The van der Waals surface area contributed by atoms with Gasteiger partial charge in [-0.3, -0.25) is 9.59 Å². The maximum absolute atomic E-state index is 12.1. The zero-order valence-electron chi connectivity index (χ0n) is 18.0. The third kappa shape index (κ3) is 9.12. The molecule has 0 unspecified atom stereocenters. The number of aliphatic hydroxyl groups is 1. The molecule has 35 heavy (non-hydrogen) atoms. The molecule has 2 amide bonds. The van der Waals surface area contributed by atoms with Crippen LogP contribution in [0.3, 0.4) is 0 Å². The van der Waals surface area contributed by atoms with E-state index in [9.17, 15) is 27.6 Å². The van der Waals surface area contributed by atoms with Crippen LogP contribution in [0.2, 0.25) is 0 Å². The van der Waals surface area contributed by atoms with Crippen molar-refractivity contribution in [2.45, 2.75) is 25.7 Å². The highest BCUT2D eigenvalue weighted by molar-refractivity contribution is 5.92. The van der Waals surface area contributed by atoms with Crippen LogP contribution < -0.4 is 10.6 Å². The number of nitrogens with zero attached hydrogens (tertiary/aromatic N) is 4. The summed E-state index contributed by atoms with van der Waals surface area (Å²) in [5, 5.41) is 33.4. The van der Waals surface area contributed by atoms with Gasteiger partial charge in [-0.25, -0.2) is 19.6 Å². The number of carboxylic acids is 2. The summed E-state index contributed by atoms with van der Waals surface area (Å²) < 4.78 is 33.0. The van der Waals surface area contributed by atoms with E-state index in [2.05, 4.69) is 35.6 Å². The largest absolute Gasteiger partial charge is 0.490 e. The number of hydrogen-bond acceptors (Lipinski definition) is 9. The molecule has 0 fully saturated rings. The first-order valence-corrected chi connectivity index (χ1v) is 9.17. The highest BCUT2D eigenvalue weighted by atomic mass is 19.4. The van der Waals surface area contributed by atoms with Crippen molar-refractivity contribution >= 4 is 35.8 Å². The maximum Gasteiger partial charge on any atom is 0.490 e. The molecule has 15 nitrogen and oxygen atoms in total. The van der Waals surface area contributed by atoms with Crippen molar-refractivity contribution in [1.82, 2.24) is 24.8 Å². The molecule has 2 aromatic heterocycles. The van der Waals surface area contributed by atoms with Crippen LogP contribution in [0.25, 0.3) is 11.5 Å². The summed E-state index contributed by atoms with van der Waals surface area (Å²) in [4.78, 5) is 59.3. The Morgan fingerprint density at radius 1 is 1.29 bits per heavy atom. The average Bonchev–Trinajstić information content (AvgIpc) is 3.36. The molecule has 0 aromatic carbocycles. The van der Waals surface area contributed by atoms with Crippen LogP contribution in [0.1, 0.15) is 12.6 Å². The molecule has 0 aliphatic rings. The molecule has 0 aliphatic heterocycles. The molecule has 0 aliphatic carbocycles. The summed E-state index contributed by atoms with van der Waals surface area (Å²) in [6.45, 7) is 0.185. The second-order valence-corrected chi connectivity index (χ2v) is 6.30. The topological polar surface area (TPSA) is 221 Å². The fraction of sp³-hybridized carbons (Fsp3) is 0.353. The first-order chi connectivity index (χ1) is 16.3. The number of carbonyl (C=O) groups is 4. The first-order valence-electron chi connectivity index (χ1n) is 9.17. The molecule has 2 rings (SSSR count). The van der Waals surface area contributed by atoms with E-state index >= 15 is 0 Å². The van der Waals surface area contributed by atoms with Crippen LogP contribution in [0.15, 0.2) is 17.7 Å². The first kappa shape index (κ1) is 28.6. The highest BCUT2D eigenvalue weighted by Crippen LogP contribution is 2.24. The van der Waals surface area contributed by atoms with Crippen molar-refractivity contribution in [3.63, 3.8) is 0 Å². The Morgan fingerprint density at radius 2 is 1.91 bits per heavy atom. The Kier molecular flexibility index (Phi) is 10.3. The lowest BCUT2D eigenvalue weighted by Crippen LogP contribution is -2.44. The molecule has 192 valence electrons. The Morgan fingerprint density at radius 3 is 2.40 bits per heavy atom. The average molecular weight is 507 g/mol. The minimum atomic E-state index is -5.08. The van der Waals surface area contributed by atoms with Crippen LogP contribution in [0, 0.1) is 0 Å². The number of amides is 2. The molecular formula is C17H20F3N7O8. The van der Waals surface area contributed by atoms with E-state index < -0.39 is 42.6 Å². The molecule has 18 heteroatoms. The van der Waals surface area contributed by atoms with Crippen molar-refractivity contribution in [3.05, 3.63) is 18.2 Å². The zero-order valence-corrected chi connectivity index (χ0v) is 18.0. The highest BCUT2D eigenvalue weighted by Gasteiger charge is 2.38. The molecule has 0 saturated carbocycles. The standard InChI is InChI=1S/C15H19N7O6.C2HF3O2/c1-8(24)19-14-12(13-16-3-9(20-13)4-18-28-2)17-7-22(14)5-11(25)21-10(6-23)15(26)27;3-2(4,5)1(6)7/h3-4,7,10,23H,5-6H2,1-2H3,(H,16,20)(H,19,24)(H,21,25)(H,26,27);(H,6,7)/b18-4-;/t10-;/m0./s1. The number of H-pyrrole nitrogens is 1. The number of imidazole rings is 2. The fourth-order valence-corrected chi connectivity index (χ4v) is 2.18. The minimum Gasteiger partial charge on any atom is -0.480 e. The van der Waals surface area contributed by atoms with Gasteiger partial charge < -0.3 is 40.3 Å². The molecular weight excluding hydrogens is 487 g/mol. The molecule has 0 spiro atoms. The zero-order chi connectivity index (χ0) is 26.8. The van der Waals surface area contributed by atoms with E-state index in [-0.39, 0.29) is 18.1 Å². The number of alkyl halides is 3. The second-order valence-electron chi connectivity index (χ2n) is 6.30. The lowest BCUT2D eigenvalue weighted by Gasteiger charge is -2.13. The van der Waals surface area contributed by atoms with E-state index in [0.29, 0.717) is 11.5 Å². The number of anilines is 1. The molecule has 1 atom stereocenters. The van der Waals surface area contributed by atoms with Gasteiger partial charge in [0.2, 0.25) is 11.8 Å². The van der Waals surface area contributed by atoms with E-state index in [0.717, 1.165) is 0 Å². The number of halogens is 3. The SMILES string of the molecule is CO/N=C\c1cnc(-c2ncn(CC(=O)N[C@@H](CO)C(=O)O)c2NC(C)=O)[nH]1.O=C(O)C(F)(F)F. The van der Waals surface area contributed by atoms with E-state index in [1.165, 1.54) is 37.3 Å². The van der Waals surface area contributed by atoms with Gasteiger partial charge in [-0.05, 0) is 0 Å². The number of rotatable bonds is 9. The van der Waals surface area contributed by atoms with Gasteiger partial charge in [-0.1, -0.05) is 5.16 Å². The lowest BCUT2D eigenvalue weighted by molar-refractivity contribution is -0.192. The fourth-order valence-electron chi connectivity index (χ4n) is 2.18. The van der Waals surface area contributed by atoms with Crippen LogP contribution in [-0.2, 0) is 30.6 Å². The summed E-state index contributed by atoms with van der Waals surface area (Å²) in [5.41, 5.74) is 0.780. The summed E-state index contributed by atoms with van der Waals surface area (Å²) >= 11 is 0. The number of carboxylic acid groups (broad SMARTS) is 2. The molecule has 0 saturated heterocycles. The molecule has 2 aromatic rings. The van der Waals surface area contributed by atoms with Crippen LogP contribution in [-0.4, -0.2) is 90.7 Å². The Balaban J connectivity index is 0.000000762. The normalized spacial score (nSPS) is 11.8. The number of oxime groups is 1. The van der Waals surface area contributed by atoms with Crippen LogP contribution in [0.5, 0.6) is 0 Å². The van der Waals surface area contributed by atoms with Gasteiger partial charge in [0.15, 0.2) is 5.82 Å². The van der Waals surface area contributed by atoms with Gasteiger partial charge in [0, 0.05) is 6.92 Å². The monoisotopic (exact) mass is 507 g/mol. The number of aliphatic carboxylic acids is 2. The van der Waals surface area contributed by atoms with Crippen molar-refractivity contribution in [1.29, 1.82) is 0 Å². The molecule has 0 radical (unpaired) electrons. The number of aliphatic hydroxyl groups excluding tert-OH is 1. The van der Waals surface area contributed by atoms with Gasteiger partial charge in [-0.2, -0.15) is 13.2 Å². The Hall–Kier alpha value is -4.48. The van der Waals surface area contributed by atoms with E-state index in [1.807, 2.05) is 0 Å². The summed E-state index contributed by atoms with van der Waals surface area (Å²) in [7, 11) is 1.39. The molecule has 0 bridgehead atoms. The molecule has 2 heterocycles. The van der Waals surface area contributed by atoms with Crippen LogP contribution in [0.4, 0.5) is 19.0 Å². The third-order valence-corrected chi connectivity index (χ3v) is 3.62. The predicted molar refractivity (Wildman–Crippen MR) is 109 cm³/mol. The van der Waals surface area contributed by atoms with E-state index in [1.54, 1.807) is 0 Å². The summed E-state index contributed by atoms with van der Waals surface area (Å²) in [5.74, 6) is -4.74. The Labute approximate surface area is 193 Å². The predicted octanol–water partition coefficient (Wildman–Crippen LogP) is -0.593. The van der Waals surface area contributed by atoms with Crippen molar-refractivity contribution in [3.8, 4) is 11.5 Å². The van der Waals surface area contributed by atoms with Gasteiger partial charge in [-0.15, -0.1) is 0 Å². The van der Waals surface area contributed by atoms with Gasteiger partial charge in [0.25, 0.3) is 0 Å². The Bertz CT molecular complexity index is 1080. The van der Waals surface area contributed by atoms with Crippen molar-refractivity contribution in [2.75, 3.05) is 19.0 Å².